The fourth-order valence-corrected chi connectivity index (χ4v) is 2.69. The zero-order valence-corrected chi connectivity index (χ0v) is 11.4. The van der Waals surface area contributed by atoms with Crippen molar-refractivity contribution in [1.82, 2.24) is 10.2 Å². The van der Waals surface area contributed by atoms with Crippen LogP contribution in [0.1, 0.15) is 32.6 Å². The van der Waals surface area contributed by atoms with Crippen LogP contribution in [-0.2, 0) is 14.3 Å². The van der Waals surface area contributed by atoms with Crippen molar-refractivity contribution in [2.45, 2.75) is 50.9 Å². The van der Waals surface area contributed by atoms with Crippen molar-refractivity contribution in [3.05, 3.63) is 0 Å². The molecule has 0 radical (unpaired) electrons. The van der Waals surface area contributed by atoms with Crippen molar-refractivity contribution in [2.24, 2.45) is 5.73 Å². The van der Waals surface area contributed by atoms with Crippen molar-refractivity contribution in [3.8, 4) is 0 Å². The molecule has 0 spiro atoms. The van der Waals surface area contributed by atoms with E-state index in [1.807, 2.05) is 11.8 Å². The van der Waals surface area contributed by atoms with Crippen LogP contribution in [0, 0.1) is 0 Å². The van der Waals surface area contributed by atoms with Crippen molar-refractivity contribution in [2.75, 3.05) is 19.6 Å². The lowest BCUT2D eigenvalue weighted by molar-refractivity contribution is -0.133. The van der Waals surface area contributed by atoms with Crippen LogP contribution >= 0.6 is 0 Å². The second kappa shape index (κ2) is 6.34. The second-order valence-electron chi connectivity index (χ2n) is 5.25. The average Bonchev–Trinajstić information content (AvgIpc) is 3.06. The predicted molar refractivity (Wildman–Crippen MR) is 70.4 cm³/mol. The van der Waals surface area contributed by atoms with Gasteiger partial charge in [-0.05, 0) is 19.3 Å². The van der Waals surface area contributed by atoms with E-state index in [2.05, 4.69) is 5.32 Å². The van der Waals surface area contributed by atoms with Gasteiger partial charge in [0.25, 0.3) is 0 Å². The smallest absolute Gasteiger partial charge is 0.249 e. The highest BCUT2D eigenvalue weighted by Gasteiger charge is 2.33. The zero-order chi connectivity index (χ0) is 13.8. The van der Waals surface area contributed by atoms with Gasteiger partial charge in [-0.25, -0.2) is 0 Å². The van der Waals surface area contributed by atoms with Crippen LogP contribution in [0.3, 0.4) is 0 Å². The van der Waals surface area contributed by atoms with E-state index in [9.17, 15) is 9.59 Å². The first-order chi connectivity index (χ1) is 9.13. The Hall–Kier alpha value is -1.14. The van der Waals surface area contributed by atoms with Gasteiger partial charge in [-0.1, -0.05) is 6.92 Å². The molecular formula is C13H23N3O3. The van der Waals surface area contributed by atoms with Crippen LogP contribution in [-0.4, -0.2) is 54.6 Å². The Kier molecular flexibility index (Phi) is 4.76. The van der Waals surface area contributed by atoms with Crippen molar-refractivity contribution < 1.29 is 14.3 Å². The van der Waals surface area contributed by atoms with E-state index in [-0.39, 0.29) is 30.1 Å². The number of carbonyl (C=O) groups is 2. The minimum Gasteiger partial charge on any atom is -0.364 e. The standard InChI is InChI=1S/C13H23N3O3/c1-2-12(17)16-6-5-9(8-16)15-13(18)11-4-3-10(7-14)19-11/h9-11H,2-8,14H2,1H3,(H,15,18)/t9?,10-,11+/m1/s1. The number of likely N-dealkylation sites (tertiary alicyclic amines) is 1. The van der Waals surface area contributed by atoms with Crippen LogP contribution in [0.5, 0.6) is 0 Å². The van der Waals surface area contributed by atoms with Gasteiger partial charge in [-0.2, -0.15) is 0 Å². The Morgan fingerprint density at radius 2 is 2.16 bits per heavy atom. The first kappa shape index (κ1) is 14.3. The van der Waals surface area contributed by atoms with Crippen LogP contribution < -0.4 is 11.1 Å². The molecule has 2 aliphatic heterocycles. The molecule has 0 aromatic rings. The maximum absolute atomic E-state index is 12.0. The molecule has 2 saturated heterocycles. The Morgan fingerprint density at radius 1 is 1.37 bits per heavy atom. The first-order valence-electron chi connectivity index (χ1n) is 7.07. The molecular weight excluding hydrogens is 246 g/mol. The molecule has 3 N–H and O–H groups in total. The van der Waals surface area contributed by atoms with Crippen LogP contribution in [0.2, 0.25) is 0 Å². The summed E-state index contributed by atoms with van der Waals surface area (Å²) in [6, 6.07) is 0.0588. The number of amides is 2. The highest BCUT2D eigenvalue weighted by molar-refractivity contribution is 5.81. The van der Waals surface area contributed by atoms with Crippen LogP contribution in [0.15, 0.2) is 0 Å². The Morgan fingerprint density at radius 3 is 2.79 bits per heavy atom. The monoisotopic (exact) mass is 269 g/mol. The van der Waals surface area contributed by atoms with E-state index in [1.54, 1.807) is 0 Å². The van der Waals surface area contributed by atoms with Crippen LogP contribution in [0.4, 0.5) is 0 Å². The molecule has 2 rings (SSSR count). The lowest BCUT2D eigenvalue weighted by atomic mass is 10.1. The number of hydrogen-bond acceptors (Lipinski definition) is 4. The Bertz CT molecular complexity index is 348. The van der Waals surface area contributed by atoms with Gasteiger partial charge >= 0.3 is 0 Å². The van der Waals surface area contributed by atoms with Gasteiger partial charge in [-0.3, -0.25) is 9.59 Å². The van der Waals surface area contributed by atoms with Gasteiger partial charge in [0.15, 0.2) is 0 Å². The molecule has 0 saturated carbocycles. The average molecular weight is 269 g/mol. The van der Waals surface area contributed by atoms with Gasteiger partial charge in [0.1, 0.15) is 6.10 Å². The molecule has 0 aromatic carbocycles. The van der Waals surface area contributed by atoms with Crippen molar-refractivity contribution in [1.29, 1.82) is 0 Å². The zero-order valence-electron chi connectivity index (χ0n) is 11.4. The lowest BCUT2D eigenvalue weighted by Gasteiger charge is -2.18. The predicted octanol–water partition coefficient (Wildman–Crippen LogP) is -0.380. The van der Waals surface area contributed by atoms with E-state index in [0.717, 1.165) is 25.8 Å². The molecule has 0 aromatic heterocycles. The highest BCUT2D eigenvalue weighted by atomic mass is 16.5. The van der Waals surface area contributed by atoms with Crippen molar-refractivity contribution in [3.63, 3.8) is 0 Å². The number of carbonyl (C=O) groups excluding carboxylic acids is 2. The minimum atomic E-state index is -0.371. The summed E-state index contributed by atoms with van der Waals surface area (Å²) in [6.07, 6.45) is 2.56. The van der Waals surface area contributed by atoms with Gasteiger partial charge in [0, 0.05) is 32.1 Å². The topological polar surface area (TPSA) is 84.7 Å². The highest BCUT2D eigenvalue weighted by Crippen LogP contribution is 2.19. The number of nitrogens with one attached hydrogen (secondary N) is 1. The fourth-order valence-electron chi connectivity index (χ4n) is 2.69. The van der Waals surface area contributed by atoms with Gasteiger partial charge in [0.2, 0.25) is 11.8 Å². The largest absolute Gasteiger partial charge is 0.364 e. The third-order valence-corrected chi connectivity index (χ3v) is 3.85. The quantitative estimate of drug-likeness (QED) is 0.728. The fraction of sp³-hybridized carbons (Fsp3) is 0.846. The molecule has 19 heavy (non-hydrogen) atoms. The first-order valence-corrected chi connectivity index (χ1v) is 7.07. The molecule has 2 heterocycles. The number of nitrogens with two attached hydrogens (primary N) is 1. The van der Waals surface area contributed by atoms with E-state index < -0.39 is 0 Å². The molecule has 2 aliphatic rings. The summed E-state index contributed by atoms with van der Waals surface area (Å²) >= 11 is 0. The Balaban J connectivity index is 1.76. The van der Waals surface area contributed by atoms with E-state index in [4.69, 9.17) is 10.5 Å². The Labute approximate surface area is 113 Å². The second-order valence-corrected chi connectivity index (χ2v) is 5.25. The molecule has 6 nitrogen and oxygen atoms in total. The normalized spacial score (nSPS) is 30.6. The maximum atomic E-state index is 12.0. The van der Waals surface area contributed by atoms with Crippen molar-refractivity contribution >= 4 is 11.8 Å². The molecule has 6 heteroatoms. The SMILES string of the molecule is CCC(=O)N1CCC(NC(=O)[C@@H]2CC[C@H](CN)O2)C1. The van der Waals surface area contributed by atoms with Gasteiger partial charge in [-0.15, -0.1) is 0 Å². The van der Waals surface area contributed by atoms with Gasteiger partial charge < -0.3 is 20.7 Å². The number of rotatable bonds is 4. The molecule has 0 bridgehead atoms. The number of ether oxygens (including phenoxy) is 1. The summed E-state index contributed by atoms with van der Waals surface area (Å²) in [5, 5.41) is 2.98. The third kappa shape index (κ3) is 3.45. The number of nitrogens with zero attached hydrogens (tertiary/aromatic N) is 1. The molecule has 2 amide bonds. The summed E-state index contributed by atoms with van der Waals surface area (Å²) in [7, 11) is 0. The lowest BCUT2D eigenvalue weighted by Crippen LogP contribution is -2.43. The summed E-state index contributed by atoms with van der Waals surface area (Å²) in [4.78, 5) is 25.4. The summed E-state index contributed by atoms with van der Waals surface area (Å²) < 4.78 is 5.56. The summed E-state index contributed by atoms with van der Waals surface area (Å²) in [5.74, 6) is 0.0869. The maximum Gasteiger partial charge on any atom is 0.249 e. The van der Waals surface area contributed by atoms with E-state index in [0.29, 0.717) is 19.5 Å². The summed E-state index contributed by atoms with van der Waals surface area (Å²) in [6.45, 7) is 3.67. The summed E-state index contributed by atoms with van der Waals surface area (Å²) in [5.41, 5.74) is 5.53. The number of hydrogen-bond donors (Lipinski definition) is 2. The molecule has 3 atom stereocenters. The van der Waals surface area contributed by atoms with E-state index >= 15 is 0 Å². The van der Waals surface area contributed by atoms with Gasteiger partial charge in [0.05, 0.1) is 6.10 Å². The van der Waals surface area contributed by atoms with Crippen LogP contribution in [0.25, 0.3) is 0 Å². The minimum absolute atomic E-state index is 0.0116. The molecule has 2 fully saturated rings. The molecule has 108 valence electrons. The third-order valence-electron chi connectivity index (χ3n) is 3.85. The molecule has 1 unspecified atom stereocenters. The van der Waals surface area contributed by atoms with E-state index in [1.165, 1.54) is 0 Å². The molecule has 0 aliphatic carbocycles.